The Morgan fingerprint density at radius 1 is 1.50 bits per heavy atom. The van der Waals surface area contributed by atoms with E-state index in [0.29, 0.717) is 17.4 Å². The lowest BCUT2D eigenvalue weighted by molar-refractivity contribution is 0.0513. The molecule has 118 valence electrons. The van der Waals surface area contributed by atoms with Gasteiger partial charge in [-0.05, 0) is 26.0 Å². The standard InChI is InChI=1S/C14H16ClFN4O2/c1-4-20-13(11(16)12(18-20)14(21)22-5-2)19(3)10-8-9(15)6-7-17-10/h6-8H,4-5H2,1-3H3. The molecule has 22 heavy (non-hydrogen) atoms. The number of hydrogen-bond donors (Lipinski definition) is 0. The fourth-order valence-corrected chi connectivity index (χ4v) is 2.14. The molecule has 0 unspecified atom stereocenters. The molecule has 8 heteroatoms. The Morgan fingerprint density at radius 2 is 2.23 bits per heavy atom. The minimum absolute atomic E-state index is 0.125. The van der Waals surface area contributed by atoms with E-state index in [1.54, 1.807) is 33.0 Å². The Hall–Kier alpha value is -2.15. The molecule has 0 aliphatic heterocycles. The van der Waals surface area contributed by atoms with Crippen molar-refractivity contribution in [3.63, 3.8) is 0 Å². The fourth-order valence-electron chi connectivity index (χ4n) is 1.99. The third-order valence-corrected chi connectivity index (χ3v) is 3.24. The number of esters is 1. The summed E-state index contributed by atoms with van der Waals surface area (Å²) in [7, 11) is 1.62. The van der Waals surface area contributed by atoms with E-state index in [-0.39, 0.29) is 18.1 Å². The maximum absolute atomic E-state index is 14.6. The fraction of sp³-hybridized carbons (Fsp3) is 0.357. The van der Waals surface area contributed by atoms with Gasteiger partial charge in [-0.2, -0.15) is 5.10 Å². The predicted octanol–water partition coefficient (Wildman–Crippen LogP) is 3.04. The van der Waals surface area contributed by atoms with E-state index in [4.69, 9.17) is 16.3 Å². The molecule has 2 rings (SSSR count). The molecule has 0 aliphatic carbocycles. The molecule has 2 aromatic heterocycles. The van der Waals surface area contributed by atoms with Crippen LogP contribution in [0.3, 0.4) is 0 Å². The molecular formula is C14H16ClFN4O2. The monoisotopic (exact) mass is 326 g/mol. The van der Waals surface area contributed by atoms with Crippen molar-refractivity contribution in [1.29, 1.82) is 0 Å². The number of nitrogens with zero attached hydrogens (tertiary/aromatic N) is 4. The summed E-state index contributed by atoms with van der Waals surface area (Å²) in [6.07, 6.45) is 1.52. The molecule has 0 bridgehead atoms. The largest absolute Gasteiger partial charge is 0.461 e. The van der Waals surface area contributed by atoms with Gasteiger partial charge >= 0.3 is 5.97 Å². The lowest BCUT2D eigenvalue weighted by Crippen LogP contribution is -2.17. The molecule has 0 N–H and O–H groups in total. The highest BCUT2D eigenvalue weighted by Gasteiger charge is 2.27. The second kappa shape index (κ2) is 6.74. The van der Waals surface area contributed by atoms with E-state index in [0.717, 1.165) is 0 Å². The van der Waals surface area contributed by atoms with Gasteiger partial charge in [0, 0.05) is 24.8 Å². The van der Waals surface area contributed by atoms with Crippen LogP contribution in [0, 0.1) is 5.82 Å². The summed E-state index contributed by atoms with van der Waals surface area (Å²) in [5.41, 5.74) is -0.340. The molecule has 6 nitrogen and oxygen atoms in total. The first-order valence-corrected chi connectivity index (χ1v) is 7.16. The molecule has 0 amide bonds. The Balaban J connectivity index is 2.47. The maximum atomic E-state index is 14.6. The number of aromatic nitrogens is 3. The van der Waals surface area contributed by atoms with Crippen molar-refractivity contribution in [1.82, 2.24) is 14.8 Å². The molecule has 0 saturated carbocycles. The molecule has 0 spiro atoms. The number of rotatable bonds is 5. The van der Waals surface area contributed by atoms with Crippen molar-refractivity contribution in [2.24, 2.45) is 0 Å². The summed E-state index contributed by atoms with van der Waals surface area (Å²) in [4.78, 5) is 17.4. The van der Waals surface area contributed by atoms with Crippen LogP contribution < -0.4 is 4.90 Å². The number of carbonyl (C=O) groups excluding carboxylic acids is 1. The van der Waals surface area contributed by atoms with Gasteiger partial charge in [-0.15, -0.1) is 0 Å². The molecule has 0 aromatic carbocycles. The normalized spacial score (nSPS) is 10.6. The maximum Gasteiger partial charge on any atom is 0.362 e. The molecule has 0 aliphatic rings. The van der Waals surface area contributed by atoms with E-state index in [1.165, 1.54) is 15.8 Å². The first-order valence-electron chi connectivity index (χ1n) is 6.78. The molecule has 0 atom stereocenters. The number of carbonyl (C=O) groups is 1. The predicted molar refractivity (Wildman–Crippen MR) is 81.1 cm³/mol. The Bertz CT molecular complexity index is 689. The van der Waals surface area contributed by atoms with Crippen molar-refractivity contribution in [3.05, 3.63) is 34.9 Å². The van der Waals surface area contributed by atoms with Crippen LogP contribution >= 0.6 is 11.6 Å². The molecule has 2 aromatic rings. The number of ether oxygens (including phenoxy) is 1. The van der Waals surface area contributed by atoms with Gasteiger partial charge in [-0.25, -0.2) is 18.9 Å². The van der Waals surface area contributed by atoms with Crippen LogP contribution in [-0.4, -0.2) is 34.4 Å². The van der Waals surface area contributed by atoms with Crippen molar-refractivity contribution in [3.8, 4) is 0 Å². The average molecular weight is 327 g/mol. The Kier molecular flexibility index (Phi) is 4.97. The van der Waals surface area contributed by atoms with E-state index in [2.05, 4.69) is 10.1 Å². The number of halogens is 2. The van der Waals surface area contributed by atoms with Crippen molar-refractivity contribution in [2.45, 2.75) is 20.4 Å². The molecule has 0 saturated heterocycles. The zero-order chi connectivity index (χ0) is 16.3. The summed E-state index contributed by atoms with van der Waals surface area (Å²) in [5, 5.41) is 4.46. The van der Waals surface area contributed by atoms with Crippen molar-refractivity contribution >= 4 is 29.2 Å². The molecule has 0 radical (unpaired) electrons. The number of pyridine rings is 1. The van der Waals surface area contributed by atoms with Gasteiger partial charge in [-0.1, -0.05) is 11.6 Å². The summed E-state index contributed by atoms with van der Waals surface area (Å²) in [6.45, 7) is 3.98. The van der Waals surface area contributed by atoms with Gasteiger partial charge in [-0.3, -0.25) is 0 Å². The van der Waals surface area contributed by atoms with Crippen LogP contribution in [0.15, 0.2) is 18.3 Å². The highest BCUT2D eigenvalue weighted by atomic mass is 35.5. The molecular weight excluding hydrogens is 311 g/mol. The highest BCUT2D eigenvalue weighted by Crippen LogP contribution is 2.28. The molecule has 2 heterocycles. The smallest absolute Gasteiger partial charge is 0.362 e. The van der Waals surface area contributed by atoms with Crippen LogP contribution in [0.25, 0.3) is 0 Å². The third-order valence-electron chi connectivity index (χ3n) is 3.01. The lowest BCUT2D eigenvalue weighted by Gasteiger charge is -2.18. The van der Waals surface area contributed by atoms with Gasteiger partial charge in [0.1, 0.15) is 5.82 Å². The summed E-state index contributed by atoms with van der Waals surface area (Å²) >= 11 is 5.93. The summed E-state index contributed by atoms with van der Waals surface area (Å²) < 4.78 is 20.8. The van der Waals surface area contributed by atoms with Crippen molar-refractivity contribution in [2.75, 3.05) is 18.6 Å². The third kappa shape index (κ3) is 3.04. The number of hydrogen-bond acceptors (Lipinski definition) is 5. The second-order valence-electron chi connectivity index (χ2n) is 4.41. The minimum Gasteiger partial charge on any atom is -0.461 e. The van der Waals surface area contributed by atoms with Gasteiger partial charge < -0.3 is 9.64 Å². The summed E-state index contributed by atoms with van der Waals surface area (Å²) in [6, 6.07) is 3.22. The SMILES string of the molecule is CCOC(=O)c1nn(CC)c(N(C)c2cc(Cl)ccn2)c1F. The lowest BCUT2D eigenvalue weighted by atomic mass is 10.3. The molecule has 0 fully saturated rings. The highest BCUT2D eigenvalue weighted by molar-refractivity contribution is 6.30. The van der Waals surface area contributed by atoms with E-state index < -0.39 is 11.8 Å². The van der Waals surface area contributed by atoms with Crippen LogP contribution in [0.4, 0.5) is 16.0 Å². The number of anilines is 2. The van der Waals surface area contributed by atoms with Crippen LogP contribution in [0.5, 0.6) is 0 Å². The Morgan fingerprint density at radius 3 is 2.82 bits per heavy atom. The van der Waals surface area contributed by atoms with Gasteiger partial charge in [0.25, 0.3) is 0 Å². The summed E-state index contributed by atoms with van der Waals surface area (Å²) in [5.74, 6) is -0.970. The first kappa shape index (κ1) is 16.2. The van der Waals surface area contributed by atoms with E-state index in [1.807, 2.05) is 0 Å². The van der Waals surface area contributed by atoms with Crippen molar-refractivity contribution < 1.29 is 13.9 Å². The van der Waals surface area contributed by atoms with Gasteiger partial charge in [0.2, 0.25) is 11.5 Å². The van der Waals surface area contributed by atoms with Crippen LogP contribution in [0.2, 0.25) is 5.02 Å². The van der Waals surface area contributed by atoms with Gasteiger partial charge in [0.05, 0.1) is 6.61 Å². The second-order valence-corrected chi connectivity index (χ2v) is 4.85. The number of aryl methyl sites for hydroxylation is 1. The zero-order valence-corrected chi connectivity index (χ0v) is 13.3. The zero-order valence-electron chi connectivity index (χ0n) is 12.5. The van der Waals surface area contributed by atoms with Gasteiger partial charge in [0.15, 0.2) is 5.82 Å². The van der Waals surface area contributed by atoms with Crippen LogP contribution in [-0.2, 0) is 11.3 Å². The first-order chi connectivity index (χ1) is 10.5. The van der Waals surface area contributed by atoms with E-state index >= 15 is 0 Å². The van der Waals surface area contributed by atoms with E-state index in [9.17, 15) is 9.18 Å². The quantitative estimate of drug-likeness (QED) is 0.790. The topological polar surface area (TPSA) is 60.2 Å². The minimum atomic E-state index is -0.791. The average Bonchev–Trinajstić information content (AvgIpc) is 2.83. The Labute approximate surface area is 132 Å². The van der Waals surface area contributed by atoms with Crippen LogP contribution in [0.1, 0.15) is 24.3 Å².